The molecule has 84 valence electrons. The molecule has 0 aliphatic rings. The fourth-order valence-electron chi connectivity index (χ4n) is 1.27. The quantitative estimate of drug-likeness (QED) is 0.860. The van der Waals surface area contributed by atoms with Gasteiger partial charge in [-0.05, 0) is 34.5 Å². The number of nitriles is 1. The Kier molecular flexibility index (Phi) is 4.47. The van der Waals surface area contributed by atoms with Crippen LogP contribution in [0.5, 0.6) is 0 Å². The summed E-state index contributed by atoms with van der Waals surface area (Å²) in [5.74, 6) is -0.450. The number of rotatable bonds is 3. The van der Waals surface area contributed by atoms with Gasteiger partial charge in [-0.3, -0.25) is 0 Å². The topological polar surface area (TPSA) is 76.1 Å². The van der Waals surface area contributed by atoms with E-state index in [0.717, 1.165) is 0 Å². The van der Waals surface area contributed by atoms with E-state index >= 15 is 0 Å². The van der Waals surface area contributed by atoms with Crippen molar-refractivity contribution in [1.82, 2.24) is 0 Å². The Bertz CT molecular complexity index is 452. The van der Waals surface area contributed by atoms with Crippen LogP contribution in [0.4, 0.5) is 0 Å². The molecule has 1 aromatic carbocycles. The number of carbonyl (C=O) groups is 1. The van der Waals surface area contributed by atoms with Gasteiger partial charge in [0.15, 0.2) is 0 Å². The molecule has 1 rings (SSSR count). The highest BCUT2D eigenvalue weighted by atomic mass is 79.9. The van der Waals surface area contributed by atoms with Crippen LogP contribution in [0.25, 0.3) is 0 Å². The van der Waals surface area contributed by atoms with Gasteiger partial charge in [-0.2, -0.15) is 5.26 Å². The van der Waals surface area contributed by atoms with Gasteiger partial charge in [0.1, 0.15) is 6.07 Å². The zero-order chi connectivity index (χ0) is 12.1. The van der Waals surface area contributed by atoms with Crippen molar-refractivity contribution in [1.29, 1.82) is 5.26 Å². The molecule has 0 aliphatic heterocycles. The average Bonchev–Trinajstić information content (AvgIpc) is 2.28. The largest absolute Gasteiger partial charge is 0.462 e. The molecule has 1 aromatic rings. The van der Waals surface area contributed by atoms with Gasteiger partial charge in [-0.1, -0.05) is 6.07 Å². The second-order valence-corrected chi connectivity index (χ2v) is 3.79. The van der Waals surface area contributed by atoms with Gasteiger partial charge in [-0.25, -0.2) is 4.79 Å². The molecule has 0 atom stereocenters. The Balaban J connectivity index is 3.25. The number of ether oxygens (including phenoxy) is 1. The van der Waals surface area contributed by atoms with E-state index in [1.807, 2.05) is 6.07 Å². The van der Waals surface area contributed by atoms with Crippen LogP contribution in [-0.2, 0) is 11.3 Å². The maximum absolute atomic E-state index is 11.5. The number of nitrogens with zero attached hydrogens (tertiary/aromatic N) is 1. The third-order valence-electron chi connectivity index (χ3n) is 2.06. The lowest BCUT2D eigenvalue weighted by Gasteiger charge is -2.08. The van der Waals surface area contributed by atoms with Crippen molar-refractivity contribution in [3.8, 4) is 6.07 Å². The Hall–Kier alpha value is -1.38. The number of benzene rings is 1. The Labute approximate surface area is 102 Å². The number of nitrogens with two attached hydrogens (primary N) is 1. The molecule has 0 saturated heterocycles. The van der Waals surface area contributed by atoms with E-state index in [9.17, 15) is 4.79 Å². The minimum atomic E-state index is -0.450. The summed E-state index contributed by atoms with van der Waals surface area (Å²) in [7, 11) is 0. The molecule has 0 saturated carbocycles. The first-order chi connectivity index (χ1) is 7.65. The molecule has 0 heterocycles. The second kappa shape index (κ2) is 5.64. The van der Waals surface area contributed by atoms with Crippen molar-refractivity contribution >= 4 is 21.9 Å². The molecule has 0 amide bonds. The van der Waals surface area contributed by atoms with Gasteiger partial charge in [0.05, 0.1) is 22.2 Å². The van der Waals surface area contributed by atoms with Gasteiger partial charge in [0.2, 0.25) is 0 Å². The fourth-order valence-corrected chi connectivity index (χ4v) is 1.91. The van der Waals surface area contributed by atoms with Crippen LogP contribution < -0.4 is 5.73 Å². The summed E-state index contributed by atoms with van der Waals surface area (Å²) in [5, 5.41) is 8.98. The van der Waals surface area contributed by atoms with Gasteiger partial charge in [0, 0.05) is 6.54 Å². The first-order valence-electron chi connectivity index (χ1n) is 4.74. The van der Waals surface area contributed by atoms with E-state index in [2.05, 4.69) is 15.9 Å². The van der Waals surface area contributed by atoms with Crippen molar-refractivity contribution in [2.24, 2.45) is 5.73 Å². The summed E-state index contributed by atoms with van der Waals surface area (Å²) >= 11 is 3.22. The number of esters is 1. The summed E-state index contributed by atoms with van der Waals surface area (Å²) in [6, 6.07) is 5.28. The predicted molar refractivity (Wildman–Crippen MR) is 62.7 cm³/mol. The molecule has 0 aromatic heterocycles. The van der Waals surface area contributed by atoms with E-state index in [0.29, 0.717) is 27.8 Å². The summed E-state index contributed by atoms with van der Waals surface area (Å²) in [5.41, 5.74) is 6.91. The zero-order valence-corrected chi connectivity index (χ0v) is 10.4. The second-order valence-electron chi connectivity index (χ2n) is 3.00. The van der Waals surface area contributed by atoms with E-state index < -0.39 is 5.97 Å². The Morgan fingerprint density at radius 3 is 2.81 bits per heavy atom. The molecular weight excluding hydrogens is 272 g/mol. The zero-order valence-electron chi connectivity index (χ0n) is 8.79. The van der Waals surface area contributed by atoms with Crippen molar-refractivity contribution in [2.45, 2.75) is 13.5 Å². The van der Waals surface area contributed by atoms with E-state index in [-0.39, 0.29) is 6.54 Å². The van der Waals surface area contributed by atoms with Gasteiger partial charge < -0.3 is 10.5 Å². The summed E-state index contributed by atoms with van der Waals surface area (Å²) in [6.45, 7) is 2.28. The SMILES string of the molecule is CCOC(=O)c1ccc(CN)c(C#N)c1Br. The minimum Gasteiger partial charge on any atom is -0.462 e. The molecule has 0 bridgehead atoms. The third kappa shape index (κ3) is 2.40. The van der Waals surface area contributed by atoms with Crippen LogP contribution in [0.15, 0.2) is 16.6 Å². The van der Waals surface area contributed by atoms with Crippen molar-refractivity contribution in [3.63, 3.8) is 0 Å². The van der Waals surface area contributed by atoms with Crippen LogP contribution in [-0.4, -0.2) is 12.6 Å². The summed E-state index contributed by atoms with van der Waals surface area (Å²) in [6.07, 6.45) is 0. The van der Waals surface area contributed by atoms with E-state index in [1.165, 1.54) is 0 Å². The molecule has 0 aliphatic carbocycles. The van der Waals surface area contributed by atoms with Crippen LogP contribution in [0.1, 0.15) is 28.4 Å². The van der Waals surface area contributed by atoms with Gasteiger partial charge >= 0.3 is 5.97 Å². The number of hydrogen-bond donors (Lipinski definition) is 1. The maximum Gasteiger partial charge on any atom is 0.339 e. The molecule has 16 heavy (non-hydrogen) atoms. The monoisotopic (exact) mass is 282 g/mol. The van der Waals surface area contributed by atoms with Crippen LogP contribution in [0.3, 0.4) is 0 Å². The lowest BCUT2D eigenvalue weighted by Crippen LogP contribution is -2.08. The fraction of sp³-hybridized carbons (Fsp3) is 0.273. The van der Waals surface area contributed by atoms with Crippen LogP contribution >= 0.6 is 15.9 Å². The standard InChI is InChI=1S/C11H11BrN2O2/c1-2-16-11(15)8-4-3-7(5-13)9(6-14)10(8)12/h3-4H,2,5,13H2,1H3. The minimum absolute atomic E-state index is 0.255. The molecular formula is C11H11BrN2O2. The van der Waals surface area contributed by atoms with E-state index in [1.54, 1.807) is 19.1 Å². The number of hydrogen-bond acceptors (Lipinski definition) is 4. The lowest BCUT2D eigenvalue weighted by molar-refractivity contribution is 0.0525. The smallest absolute Gasteiger partial charge is 0.339 e. The Morgan fingerprint density at radius 1 is 1.62 bits per heavy atom. The first kappa shape index (κ1) is 12.7. The lowest BCUT2D eigenvalue weighted by atomic mass is 10.0. The predicted octanol–water partition coefficient (Wildman–Crippen LogP) is 1.96. The molecule has 0 fully saturated rings. The molecule has 2 N–H and O–H groups in total. The van der Waals surface area contributed by atoms with Crippen molar-refractivity contribution in [3.05, 3.63) is 33.3 Å². The van der Waals surface area contributed by atoms with Crippen molar-refractivity contribution < 1.29 is 9.53 Å². The molecule has 0 spiro atoms. The van der Waals surface area contributed by atoms with Gasteiger partial charge in [0.25, 0.3) is 0 Å². The number of halogens is 1. The molecule has 5 heteroatoms. The Morgan fingerprint density at radius 2 is 2.31 bits per heavy atom. The van der Waals surface area contributed by atoms with Gasteiger partial charge in [-0.15, -0.1) is 0 Å². The molecule has 0 radical (unpaired) electrons. The van der Waals surface area contributed by atoms with Crippen molar-refractivity contribution in [2.75, 3.05) is 6.61 Å². The molecule has 4 nitrogen and oxygen atoms in total. The highest BCUT2D eigenvalue weighted by Gasteiger charge is 2.16. The maximum atomic E-state index is 11.5. The van der Waals surface area contributed by atoms with Crippen LogP contribution in [0, 0.1) is 11.3 Å². The average molecular weight is 283 g/mol. The third-order valence-corrected chi connectivity index (χ3v) is 2.88. The van der Waals surface area contributed by atoms with E-state index in [4.69, 9.17) is 15.7 Å². The first-order valence-corrected chi connectivity index (χ1v) is 5.53. The summed E-state index contributed by atoms with van der Waals surface area (Å²) in [4.78, 5) is 11.5. The van der Waals surface area contributed by atoms with Crippen LogP contribution in [0.2, 0.25) is 0 Å². The highest BCUT2D eigenvalue weighted by Crippen LogP contribution is 2.25. The highest BCUT2D eigenvalue weighted by molar-refractivity contribution is 9.10. The molecule has 0 unspecified atom stereocenters. The number of carbonyl (C=O) groups excluding carboxylic acids is 1. The summed E-state index contributed by atoms with van der Waals surface area (Å²) < 4.78 is 5.31. The normalized spacial score (nSPS) is 9.62.